The van der Waals surface area contributed by atoms with Crippen molar-refractivity contribution in [2.45, 2.75) is 51.4 Å². The van der Waals surface area contributed by atoms with Crippen molar-refractivity contribution in [3.8, 4) is 0 Å². The Hall–Kier alpha value is -1.54. The van der Waals surface area contributed by atoms with Crippen LogP contribution in [0.15, 0.2) is 0 Å². The zero-order valence-electron chi connectivity index (χ0n) is 14.8. The molecule has 0 rings (SSSR count). The summed E-state index contributed by atoms with van der Waals surface area (Å²) in [7, 11) is 0. The van der Waals surface area contributed by atoms with Gasteiger partial charge in [-0.05, 0) is 25.7 Å². The van der Waals surface area contributed by atoms with Gasteiger partial charge in [-0.2, -0.15) is 0 Å². The average molecular weight is 415 g/mol. The Morgan fingerprint density at radius 3 is 1.23 bits per heavy atom. The predicted molar refractivity (Wildman–Crippen MR) is 99.7 cm³/mol. The molecule has 0 saturated heterocycles. The molecule has 0 radical (unpaired) electrons. The number of carboxylic acid groups (broad SMARTS) is 2. The van der Waals surface area contributed by atoms with E-state index in [1.54, 1.807) is 0 Å². The van der Waals surface area contributed by atoms with E-state index < -0.39 is 11.9 Å². The van der Waals surface area contributed by atoms with Crippen molar-refractivity contribution in [2.24, 2.45) is 0 Å². The van der Waals surface area contributed by atoms with Gasteiger partial charge in [0.25, 0.3) is 0 Å². The number of rotatable bonds is 14. The zero-order chi connectivity index (χ0) is 20.2. The molecule has 0 aliphatic rings. The van der Waals surface area contributed by atoms with Gasteiger partial charge >= 0.3 is 11.9 Å². The van der Waals surface area contributed by atoms with E-state index in [-0.39, 0.29) is 36.4 Å². The molecule has 0 aromatic rings. The average Bonchev–Trinajstić information content (AvgIpc) is 2.60. The number of nitrogens with one attached hydrogen (secondary N) is 2. The molecule has 0 heterocycles. The van der Waals surface area contributed by atoms with E-state index in [2.05, 4.69) is 10.6 Å². The van der Waals surface area contributed by atoms with E-state index in [0.717, 1.165) is 25.7 Å². The Labute approximate surface area is 163 Å². The summed E-state index contributed by atoms with van der Waals surface area (Å²) in [6.45, 7) is 1.15. The fourth-order valence-corrected chi connectivity index (χ4v) is 1.90. The highest BCUT2D eigenvalue weighted by Gasteiger charge is 1.99. The number of aliphatic carboxylic acids is 2. The summed E-state index contributed by atoms with van der Waals surface area (Å²) < 4.78 is 0. The maximum Gasteiger partial charge on any atom is 0.303 e. The third kappa shape index (κ3) is 24.7. The van der Waals surface area contributed by atoms with E-state index in [1.165, 1.54) is 0 Å². The van der Waals surface area contributed by atoms with Gasteiger partial charge in [0.1, 0.15) is 11.8 Å². The maximum atomic E-state index is 10.6. The molecule has 0 spiro atoms. The van der Waals surface area contributed by atoms with Gasteiger partial charge in [0.15, 0.2) is 0 Å². The second-order valence-electron chi connectivity index (χ2n) is 5.38. The van der Waals surface area contributed by atoms with E-state index in [0.29, 0.717) is 25.9 Å². The lowest BCUT2D eigenvalue weighted by molar-refractivity contribution is -0.138. The molecular formula is C16H28Cl2N2O6. The monoisotopic (exact) mass is 414 g/mol. The minimum absolute atomic E-state index is 0.0187. The summed E-state index contributed by atoms with van der Waals surface area (Å²) in [5.74, 6) is -1.95. The third-order valence-electron chi connectivity index (χ3n) is 3.02. The summed E-state index contributed by atoms with van der Waals surface area (Å²) in [5, 5.41) is 21.8. The minimum Gasteiger partial charge on any atom is -0.481 e. The Bertz CT molecular complexity index is 384. The molecule has 0 aromatic carbocycles. The number of carbonyl (C=O) groups excluding carboxylic acids is 2. The molecule has 152 valence electrons. The van der Waals surface area contributed by atoms with Crippen LogP contribution in [0.5, 0.6) is 0 Å². The second kappa shape index (κ2) is 19.8. The second-order valence-corrected chi connectivity index (χ2v) is 5.91. The standard InChI is InChI=1S/2C8H14ClNO3/c2*9-6-7(11)10-5-3-1-2-4-8(12)13/h2*1-6H2,(H,10,11)(H,12,13). The predicted octanol–water partition coefficient (Wildman–Crippen LogP) is 1.97. The first kappa shape index (κ1) is 26.7. The molecule has 4 N–H and O–H groups in total. The Kier molecular flexibility index (Phi) is 20.3. The van der Waals surface area contributed by atoms with Crippen molar-refractivity contribution < 1.29 is 29.4 Å². The van der Waals surface area contributed by atoms with E-state index in [9.17, 15) is 19.2 Å². The molecule has 8 nitrogen and oxygen atoms in total. The molecule has 0 fully saturated rings. The van der Waals surface area contributed by atoms with Crippen LogP contribution >= 0.6 is 23.2 Å². The van der Waals surface area contributed by atoms with Crippen LogP contribution in [0.3, 0.4) is 0 Å². The molecular weight excluding hydrogens is 387 g/mol. The van der Waals surface area contributed by atoms with Gasteiger partial charge in [-0.3, -0.25) is 19.2 Å². The first-order valence-corrected chi connectivity index (χ1v) is 9.49. The lowest BCUT2D eigenvalue weighted by Gasteiger charge is -2.01. The molecule has 2 amide bonds. The normalized spacial score (nSPS) is 9.62. The van der Waals surface area contributed by atoms with Crippen molar-refractivity contribution in [1.29, 1.82) is 0 Å². The molecule has 0 aliphatic heterocycles. The van der Waals surface area contributed by atoms with Crippen molar-refractivity contribution in [3.05, 3.63) is 0 Å². The largest absolute Gasteiger partial charge is 0.481 e. The summed E-state index contributed by atoms with van der Waals surface area (Å²) in [6.07, 6.45) is 4.95. The molecule has 26 heavy (non-hydrogen) atoms. The van der Waals surface area contributed by atoms with Gasteiger partial charge in [-0.1, -0.05) is 12.8 Å². The van der Waals surface area contributed by atoms with Gasteiger partial charge in [0, 0.05) is 25.9 Å². The van der Waals surface area contributed by atoms with E-state index >= 15 is 0 Å². The zero-order valence-corrected chi connectivity index (χ0v) is 16.3. The summed E-state index contributed by atoms with van der Waals surface area (Å²) >= 11 is 10.5. The number of unbranched alkanes of at least 4 members (excludes halogenated alkanes) is 4. The molecule has 0 unspecified atom stereocenters. The number of alkyl halides is 2. The highest BCUT2D eigenvalue weighted by atomic mass is 35.5. The lowest BCUT2D eigenvalue weighted by Crippen LogP contribution is -2.25. The Balaban J connectivity index is 0. The molecule has 0 aromatic heterocycles. The lowest BCUT2D eigenvalue weighted by atomic mass is 10.2. The van der Waals surface area contributed by atoms with Crippen LogP contribution in [0.25, 0.3) is 0 Å². The molecule has 0 aliphatic carbocycles. The van der Waals surface area contributed by atoms with E-state index in [4.69, 9.17) is 33.4 Å². The fourth-order valence-electron chi connectivity index (χ4n) is 1.71. The number of amides is 2. The van der Waals surface area contributed by atoms with Gasteiger partial charge in [0.2, 0.25) is 11.8 Å². The molecule has 0 atom stereocenters. The summed E-state index contributed by atoms with van der Waals surface area (Å²) in [6, 6.07) is 0. The summed E-state index contributed by atoms with van der Waals surface area (Å²) in [4.78, 5) is 41.4. The highest BCUT2D eigenvalue weighted by molar-refractivity contribution is 6.27. The summed E-state index contributed by atoms with van der Waals surface area (Å²) in [5.41, 5.74) is 0. The van der Waals surface area contributed by atoms with Crippen LogP contribution in [-0.2, 0) is 19.2 Å². The van der Waals surface area contributed by atoms with Gasteiger partial charge in [-0.15, -0.1) is 23.2 Å². The molecule has 0 bridgehead atoms. The first-order chi connectivity index (χ1) is 12.3. The Morgan fingerprint density at radius 2 is 0.962 bits per heavy atom. The van der Waals surface area contributed by atoms with Crippen molar-refractivity contribution in [3.63, 3.8) is 0 Å². The minimum atomic E-state index is -0.773. The van der Waals surface area contributed by atoms with Gasteiger partial charge < -0.3 is 20.8 Å². The molecule has 0 saturated carbocycles. The number of halogens is 2. The van der Waals surface area contributed by atoms with Crippen LogP contribution < -0.4 is 10.6 Å². The number of carbonyl (C=O) groups is 4. The SMILES string of the molecule is O=C(O)CCCCCNC(=O)CCl.O=C(O)CCCCCNC(=O)CCl. The third-order valence-corrected chi connectivity index (χ3v) is 3.51. The van der Waals surface area contributed by atoms with Crippen molar-refractivity contribution in [1.82, 2.24) is 10.6 Å². The topological polar surface area (TPSA) is 133 Å². The number of hydrogen-bond donors (Lipinski definition) is 4. The van der Waals surface area contributed by atoms with Crippen LogP contribution in [0, 0.1) is 0 Å². The quantitative estimate of drug-likeness (QED) is 0.253. The van der Waals surface area contributed by atoms with Gasteiger partial charge in [-0.25, -0.2) is 0 Å². The van der Waals surface area contributed by atoms with Crippen LogP contribution in [0.4, 0.5) is 0 Å². The first-order valence-electron chi connectivity index (χ1n) is 8.42. The van der Waals surface area contributed by atoms with Gasteiger partial charge in [0.05, 0.1) is 0 Å². The number of carboxylic acids is 2. The van der Waals surface area contributed by atoms with Crippen LogP contribution in [-0.4, -0.2) is 58.8 Å². The fraction of sp³-hybridized carbons (Fsp3) is 0.750. The van der Waals surface area contributed by atoms with Crippen LogP contribution in [0.1, 0.15) is 51.4 Å². The van der Waals surface area contributed by atoms with Crippen LogP contribution in [0.2, 0.25) is 0 Å². The highest BCUT2D eigenvalue weighted by Crippen LogP contribution is 1.99. The smallest absolute Gasteiger partial charge is 0.303 e. The number of hydrogen-bond acceptors (Lipinski definition) is 4. The van der Waals surface area contributed by atoms with Crippen molar-refractivity contribution in [2.75, 3.05) is 24.8 Å². The maximum absolute atomic E-state index is 10.6. The van der Waals surface area contributed by atoms with Crippen molar-refractivity contribution >= 4 is 47.0 Å². The Morgan fingerprint density at radius 1 is 0.615 bits per heavy atom. The van der Waals surface area contributed by atoms with E-state index in [1.807, 2.05) is 0 Å². The molecule has 10 heteroatoms.